The Kier molecular flexibility index (Phi) is 4.08. The van der Waals surface area contributed by atoms with E-state index in [1.807, 2.05) is 0 Å². The molecular weight excluding hydrogens is 241 g/mol. The first-order valence-electron chi connectivity index (χ1n) is 4.69. The number of benzene rings is 1. The molecule has 0 radical (unpaired) electrons. The quantitative estimate of drug-likeness (QED) is 0.732. The molecule has 1 aromatic rings. The van der Waals surface area contributed by atoms with Crippen molar-refractivity contribution in [2.24, 2.45) is 0 Å². The molecule has 1 atom stereocenters. The van der Waals surface area contributed by atoms with Gasteiger partial charge in [0, 0.05) is 0 Å². The fourth-order valence-corrected chi connectivity index (χ4v) is 1.86. The predicted molar refractivity (Wildman–Crippen MR) is 57.0 cm³/mol. The zero-order valence-corrected chi connectivity index (χ0v) is 9.69. The molecule has 16 heavy (non-hydrogen) atoms. The van der Waals surface area contributed by atoms with Gasteiger partial charge in [-0.25, -0.2) is 0 Å². The van der Waals surface area contributed by atoms with Crippen molar-refractivity contribution >= 4 is 11.6 Å². The smallest absolute Gasteiger partial charge is 0.390 e. The standard InChI is InChI=1S/C11H12ClF3O/c1-7-5-8(16-2)3-4-9(7)10(12)6-11(13,14)15/h3-5,10H,6H2,1-2H3. The number of hydrogen-bond acceptors (Lipinski definition) is 1. The van der Waals surface area contributed by atoms with Crippen LogP contribution in [0.25, 0.3) is 0 Å². The zero-order chi connectivity index (χ0) is 12.3. The molecule has 0 aromatic heterocycles. The van der Waals surface area contributed by atoms with Gasteiger partial charge in [0.1, 0.15) is 5.75 Å². The minimum Gasteiger partial charge on any atom is -0.497 e. The van der Waals surface area contributed by atoms with E-state index < -0.39 is 18.0 Å². The van der Waals surface area contributed by atoms with Gasteiger partial charge in [-0.05, 0) is 30.2 Å². The predicted octanol–water partition coefficient (Wildman–Crippen LogP) is 4.24. The van der Waals surface area contributed by atoms with Crippen LogP contribution in [0.3, 0.4) is 0 Å². The third-order valence-electron chi connectivity index (χ3n) is 2.23. The number of hydrogen-bond donors (Lipinski definition) is 0. The van der Waals surface area contributed by atoms with Crippen molar-refractivity contribution in [3.63, 3.8) is 0 Å². The molecule has 0 aliphatic heterocycles. The fourth-order valence-electron chi connectivity index (χ4n) is 1.44. The largest absolute Gasteiger partial charge is 0.497 e. The lowest BCUT2D eigenvalue weighted by molar-refractivity contribution is -0.134. The first kappa shape index (κ1) is 13.2. The van der Waals surface area contributed by atoms with Crippen LogP contribution in [-0.2, 0) is 0 Å². The first-order valence-corrected chi connectivity index (χ1v) is 5.12. The molecule has 0 aliphatic carbocycles. The molecule has 0 saturated heterocycles. The summed E-state index contributed by atoms with van der Waals surface area (Å²) in [6, 6.07) is 4.84. The molecule has 0 spiro atoms. The Morgan fingerprint density at radius 2 is 2.00 bits per heavy atom. The van der Waals surface area contributed by atoms with Crippen molar-refractivity contribution < 1.29 is 17.9 Å². The molecule has 0 amide bonds. The third-order valence-corrected chi connectivity index (χ3v) is 2.61. The van der Waals surface area contributed by atoms with E-state index in [4.69, 9.17) is 16.3 Å². The molecule has 1 rings (SSSR count). The second kappa shape index (κ2) is 4.95. The SMILES string of the molecule is COc1ccc(C(Cl)CC(F)(F)F)c(C)c1. The van der Waals surface area contributed by atoms with E-state index in [1.54, 1.807) is 25.1 Å². The van der Waals surface area contributed by atoms with Gasteiger partial charge in [0.15, 0.2) is 0 Å². The highest BCUT2D eigenvalue weighted by atomic mass is 35.5. The lowest BCUT2D eigenvalue weighted by Gasteiger charge is -2.15. The highest BCUT2D eigenvalue weighted by molar-refractivity contribution is 6.20. The summed E-state index contributed by atoms with van der Waals surface area (Å²) in [4.78, 5) is 0. The van der Waals surface area contributed by atoms with Crippen LogP contribution in [0.5, 0.6) is 5.75 Å². The van der Waals surface area contributed by atoms with Gasteiger partial charge in [-0.15, -0.1) is 11.6 Å². The topological polar surface area (TPSA) is 9.23 Å². The minimum atomic E-state index is -4.25. The molecule has 90 valence electrons. The van der Waals surface area contributed by atoms with Crippen molar-refractivity contribution in [2.75, 3.05) is 7.11 Å². The van der Waals surface area contributed by atoms with E-state index >= 15 is 0 Å². The molecule has 0 fully saturated rings. The zero-order valence-electron chi connectivity index (χ0n) is 8.94. The van der Waals surface area contributed by atoms with Crippen molar-refractivity contribution in [1.82, 2.24) is 0 Å². The summed E-state index contributed by atoms with van der Waals surface area (Å²) in [7, 11) is 1.50. The summed E-state index contributed by atoms with van der Waals surface area (Å²) in [6.07, 6.45) is -5.28. The average Bonchev–Trinajstić information content (AvgIpc) is 2.14. The second-order valence-corrected chi connectivity index (χ2v) is 4.04. The molecule has 0 bridgehead atoms. The molecule has 0 saturated carbocycles. The van der Waals surface area contributed by atoms with Crippen LogP contribution in [0.4, 0.5) is 13.2 Å². The molecular formula is C11H12ClF3O. The average molecular weight is 253 g/mol. The monoisotopic (exact) mass is 252 g/mol. The summed E-state index contributed by atoms with van der Waals surface area (Å²) >= 11 is 5.73. The maximum atomic E-state index is 12.2. The van der Waals surface area contributed by atoms with E-state index in [2.05, 4.69) is 0 Å². The van der Waals surface area contributed by atoms with E-state index in [0.29, 0.717) is 16.9 Å². The molecule has 0 aliphatic rings. The lowest BCUT2D eigenvalue weighted by atomic mass is 10.0. The van der Waals surface area contributed by atoms with Gasteiger partial charge in [0.25, 0.3) is 0 Å². The Morgan fingerprint density at radius 3 is 2.44 bits per heavy atom. The molecule has 1 aromatic carbocycles. The Labute approximate surface area is 97.2 Å². The van der Waals surface area contributed by atoms with Gasteiger partial charge in [0.05, 0.1) is 18.9 Å². The van der Waals surface area contributed by atoms with Gasteiger partial charge < -0.3 is 4.74 Å². The van der Waals surface area contributed by atoms with Crippen LogP contribution < -0.4 is 4.74 Å². The maximum absolute atomic E-state index is 12.2. The lowest BCUT2D eigenvalue weighted by Crippen LogP contribution is -2.11. The van der Waals surface area contributed by atoms with Crippen LogP contribution in [0, 0.1) is 6.92 Å². The van der Waals surface area contributed by atoms with Crippen LogP contribution >= 0.6 is 11.6 Å². The number of aryl methyl sites for hydroxylation is 1. The van der Waals surface area contributed by atoms with Crippen LogP contribution in [0.1, 0.15) is 22.9 Å². The highest BCUT2D eigenvalue weighted by Gasteiger charge is 2.32. The number of rotatable bonds is 3. The third kappa shape index (κ3) is 3.59. The fraction of sp³-hybridized carbons (Fsp3) is 0.455. The Bertz CT molecular complexity index is 363. The Hall–Kier alpha value is -0.900. The van der Waals surface area contributed by atoms with E-state index in [0.717, 1.165) is 0 Å². The normalized spacial score (nSPS) is 13.6. The Balaban J connectivity index is 2.88. The van der Waals surface area contributed by atoms with Gasteiger partial charge in [-0.1, -0.05) is 6.07 Å². The number of alkyl halides is 4. The van der Waals surface area contributed by atoms with Crippen molar-refractivity contribution in [3.05, 3.63) is 29.3 Å². The highest BCUT2D eigenvalue weighted by Crippen LogP contribution is 2.36. The summed E-state index contributed by atoms with van der Waals surface area (Å²) < 4.78 is 41.4. The van der Waals surface area contributed by atoms with E-state index in [1.165, 1.54) is 7.11 Å². The number of ether oxygens (including phenoxy) is 1. The van der Waals surface area contributed by atoms with Gasteiger partial charge in [-0.2, -0.15) is 13.2 Å². The maximum Gasteiger partial charge on any atom is 0.390 e. The number of methoxy groups -OCH3 is 1. The molecule has 5 heteroatoms. The van der Waals surface area contributed by atoms with Crippen molar-refractivity contribution in [1.29, 1.82) is 0 Å². The van der Waals surface area contributed by atoms with E-state index in [9.17, 15) is 13.2 Å². The van der Waals surface area contributed by atoms with Crippen LogP contribution in [0.2, 0.25) is 0 Å². The van der Waals surface area contributed by atoms with Crippen molar-refractivity contribution in [2.45, 2.75) is 24.9 Å². The summed E-state index contributed by atoms with van der Waals surface area (Å²) in [6.45, 7) is 1.71. The Morgan fingerprint density at radius 1 is 1.38 bits per heavy atom. The van der Waals surface area contributed by atoms with Crippen LogP contribution in [-0.4, -0.2) is 13.3 Å². The second-order valence-electron chi connectivity index (χ2n) is 3.51. The van der Waals surface area contributed by atoms with Gasteiger partial charge in [0.2, 0.25) is 0 Å². The van der Waals surface area contributed by atoms with Crippen molar-refractivity contribution in [3.8, 4) is 5.75 Å². The van der Waals surface area contributed by atoms with Gasteiger partial charge >= 0.3 is 6.18 Å². The first-order chi connectivity index (χ1) is 7.33. The molecule has 0 N–H and O–H groups in total. The van der Waals surface area contributed by atoms with Gasteiger partial charge in [-0.3, -0.25) is 0 Å². The summed E-state index contributed by atoms with van der Waals surface area (Å²) in [5, 5.41) is -1.05. The minimum absolute atomic E-state index is 0.486. The summed E-state index contributed by atoms with van der Waals surface area (Å²) in [5.41, 5.74) is 1.18. The molecule has 0 heterocycles. The van der Waals surface area contributed by atoms with Crippen LogP contribution in [0.15, 0.2) is 18.2 Å². The molecule has 1 unspecified atom stereocenters. The molecule has 1 nitrogen and oxygen atoms in total. The van der Waals surface area contributed by atoms with E-state index in [-0.39, 0.29) is 0 Å². The number of halogens is 4. The summed E-state index contributed by atoms with van der Waals surface area (Å²) in [5.74, 6) is 0.608.